The first-order valence-corrected chi connectivity index (χ1v) is 6.88. The van der Waals surface area contributed by atoms with Crippen molar-refractivity contribution in [3.05, 3.63) is 64.9 Å². The molecule has 2 aromatic carbocycles. The Morgan fingerprint density at radius 3 is 2.57 bits per heavy atom. The second-order valence-electron chi connectivity index (χ2n) is 4.82. The van der Waals surface area contributed by atoms with Gasteiger partial charge in [-0.05, 0) is 42.5 Å². The quantitative estimate of drug-likeness (QED) is 0.683. The lowest BCUT2D eigenvalue weighted by atomic mass is 10.1. The summed E-state index contributed by atoms with van der Waals surface area (Å²) in [6, 6.07) is 9.33. The van der Waals surface area contributed by atoms with E-state index in [1.54, 1.807) is 24.3 Å². The third-order valence-electron chi connectivity index (χ3n) is 3.25. The van der Waals surface area contributed by atoms with Gasteiger partial charge in [0.05, 0.1) is 22.4 Å². The Morgan fingerprint density at radius 1 is 1.09 bits per heavy atom. The summed E-state index contributed by atoms with van der Waals surface area (Å²) in [6.45, 7) is 0. The summed E-state index contributed by atoms with van der Waals surface area (Å²) in [5.74, 6) is -0.591. The maximum Gasteiger partial charge on any atom is 0.416 e. The van der Waals surface area contributed by atoms with Crippen molar-refractivity contribution in [3.63, 3.8) is 0 Å². The van der Waals surface area contributed by atoms with E-state index in [4.69, 9.17) is 16.0 Å². The number of fused-ring (bicyclic) bond motifs is 1. The van der Waals surface area contributed by atoms with Crippen molar-refractivity contribution in [2.75, 3.05) is 5.32 Å². The van der Waals surface area contributed by atoms with Crippen molar-refractivity contribution in [1.29, 1.82) is 0 Å². The molecular formula is C16H9ClF3NO2. The van der Waals surface area contributed by atoms with Crippen LogP contribution in [0.25, 0.3) is 11.0 Å². The number of halogens is 4. The molecule has 3 nitrogen and oxygen atoms in total. The van der Waals surface area contributed by atoms with Crippen molar-refractivity contribution in [2.24, 2.45) is 0 Å². The molecule has 0 saturated carbocycles. The molecule has 0 aliphatic rings. The van der Waals surface area contributed by atoms with Crippen LogP contribution in [0.4, 0.5) is 18.9 Å². The van der Waals surface area contributed by atoms with Crippen LogP contribution in [0.5, 0.6) is 0 Å². The molecule has 0 aliphatic carbocycles. The highest BCUT2D eigenvalue weighted by Crippen LogP contribution is 2.32. The highest BCUT2D eigenvalue weighted by Gasteiger charge is 2.31. The number of amides is 1. The third-order valence-corrected chi connectivity index (χ3v) is 3.56. The van der Waals surface area contributed by atoms with Gasteiger partial charge in [0.1, 0.15) is 5.58 Å². The summed E-state index contributed by atoms with van der Waals surface area (Å²) in [6.07, 6.45) is -2.99. The average Bonchev–Trinajstić information content (AvgIpc) is 2.93. The minimum absolute atomic E-state index is 0.0352. The molecule has 0 unspecified atom stereocenters. The van der Waals surface area contributed by atoms with Crippen LogP contribution in [0.2, 0.25) is 5.02 Å². The first-order valence-electron chi connectivity index (χ1n) is 6.50. The molecule has 23 heavy (non-hydrogen) atoms. The summed E-state index contributed by atoms with van der Waals surface area (Å²) in [5.41, 5.74) is 0.209. The van der Waals surface area contributed by atoms with E-state index in [0.29, 0.717) is 11.3 Å². The Hall–Kier alpha value is -2.47. The van der Waals surface area contributed by atoms with E-state index in [9.17, 15) is 18.0 Å². The van der Waals surface area contributed by atoms with Crippen molar-refractivity contribution in [2.45, 2.75) is 6.18 Å². The summed E-state index contributed by atoms with van der Waals surface area (Å²) < 4.78 is 43.0. The molecule has 1 aromatic heterocycles. The van der Waals surface area contributed by atoms with Gasteiger partial charge in [-0.25, -0.2) is 0 Å². The molecule has 0 atom stereocenters. The molecule has 1 N–H and O–H groups in total. The number of carbonyl (C=O) groups excluding carboxylic acids is 1. The van der Waals surface area contributed by atoms with Gasteiger partial charge in [0.15, 0.2) is 0 Å². The molecule has 0 fully saturated rings. The van der Waals surface area contributed by atoms with Crippen molar-refractivity contribution >= 4 is 34.2 Å². The van der Waals surface area contributed by atoms with Gasteiger partial charge in [-0.15, -0.1) is 0 Å². The van der Waals surface area contributed by atoms with Gasteiger partial charge in [-0.2, -0.15) is 13.2 Å². The lowest BCUT2D eigenvalue weighted by Gasteiger charge is -2.10. The Morgan fingerprint density at radius 2 is 1.87 bits per heavy atom. The molecule has 0 radical (unpaired) electrons. The first kappa shape index (κ1) is 15.4. The second-order valence-corrected chi connectivity index (χ2v) is 5.23. The molecule has 0 bridgehead atoms. The number of rotatable bonds is 2. The molecule has 0 saturated heterocycles. The van der Waals surface area contributed by atoms with E-state index >= 15 is 0 Å². The van der Waals surface area contributed by atoms with Crippen molar-refractivity contribution in [1.82, 2.24) is 0 Å². The minimum Gasteiger partial charge on any atom is -0.464 e. The largest absolute Gasteiger partial charge is 0.464 e. The van der Waals surface area contributed by atoms with Crippen LogP contribution in [0.3, 0.4) is 0 Å². The number of furan rings is 1. The fourth-order valence-corrected chi connectivity index (χ4v) is 2.38. The van der Waals surface area contributed by atoms with E-state index in [1.807, 2.05) is 0 Å². The zero-order valence-electron chi connectivity index (χ0n) is 11.4. The number of hydrogen-bond donors (Lipinski definition) is 1. The monoisotopic (exact) mass is 339 g/mol. The maximum absolute atomic E-state index is 12.6. The molecule has 1 heterocycles. The first-order chi connectivity index (χ1) is 10.8. The van der Waals surface area contributed by atoms with E-state index in [1.165, 1.54) is 6.26 Å². The Kier molecular flexibility index (Phi) is 3.77. The lowest BCUT2D eigenvalue weighted by molar-refractivity contribution is -0.137. The zero-order chi connectivity index (χ0) is 16.6. The molecule has 3 rings (SSSR count). The lowest BCUT2D eigenvalue weighted by Crippen LogP contribution is -2.13. The van der Waals surface area contributed by atoms with Gasteiger partial charge >= 0.3 is 6.18 Å². The highest BCUT2D eigenvalue weighted by atomic mass is 35.5. The normalized spacial score (nSPS) is 11.7. The van der Waals surface area contributed by atoms with Crippen molar-refractivity contribution < 1.29 is 22.4 Å². The van der Waals surface area contributed by atoms with E-state index in [0.717, 1.165) is 23.6 Å². The van der Waals surface area contributed by atoms with E-state index < -0.39 is 17.6 Å². The fraction of sp³-hybridized carbons (Fsp3) is 0.0625. The average molecular weight is 340 g/mol. The predicted octanol–water partition coefficient (Wildman–Crippen LogP) is 5.36. The molecule has 0 spiro atoms. The van der Waals surface area contributed by atoms with Crippen LogP contribution >= 0.6 is 11.6 Å². The smallest absolute Gasteiger partial charge is 0.416 e. The zero-order valence-corrected chi connectivity index (χ0v) is 12.2. The van der Waals surface area contributed by atoms with E-state index in [-0.39, 0.29) is 10.6 Å². The predicted molar refractivity (Wildman–Crippen MR) is 80.6 cm³/mol. The van der Waals surface area contributed by atoms with Crippen LogP contribution in [0.15, 0.2) is 53.1 Å². The van der Waals surface area contributed by atoms with Crippen LogP contribution in [0, 0.1) is 0 Å². The van der Waals surface area contributed by atoms with Gasteiger partial charge in [0.2, 0.25) is 0 Å². The Bertz CT molecular complexity index is 886. The van der Waals surface area contributed by atoms with Crippen LogP contribution in [-0.4, -0.2) is 5.91 Å². The third kappa shape index (κ3) is 3.17. The van der Waals surface area contributed by atoms with Gasteiger partial charge in [-0.3, -0.25) is 4.79 Å². The summed E-state index contributed by atoms with van der Waals surface area (Å²) >= 11 is 5.80. The number of carbonyl (C=O) groups is 1. The summed E-state index contributed by atoms with van der Waals surface area (Å²) in [5, 5.41) is 3.12. The van der Waals surface area contributed by atoms with Gasteiger partial charge in [0.25, 0.3) is 5.91 Å². The van der Waals surface area contributed by atoms with Crippen LogP contribution < -0.4 is 5.32 Å². The van der Waals surface area contributed by atoms with Crippen molar-refractivity contribution in [3.8, 4) is 0 Å². The molecule has 118 valence electrons. The van der Waals surface area contributed by atoms with E-state index in [2.05, 4.69) is 5.32 Å². The number of nitrogens with one attached hydrogen (secondary N) is 1. The number of hydrogen-bond acceptors (Lipinski definition) is 2. The minimum atomic E-state index is -4.51. The van der Waals surface area contributed by atoms with Gasteiger partial charge in [0, 0.05) is 11.1 Å². The summed E-state index contributed by atoms with van der Waals surface area (Å²) in [7, 11) is 0. The Balaban J connectivity index is 1.85. The molecule has 0 aliphatic heterocycles. The highest BCUT2D eigenvalue weighted by molar-refractivity contribution is 6.34. The number of benzene rings is 2. The second kappa shape index (κ2) is 5.62. The molecule has 7 heteroatoms. The van der Waals surface area contributed by atoms with Crippen LogP contribution in [-0.2, 0) is 6.18 Å². The number of alkyl halides is 3. The standard InChI is InChI=1S/C16H9ClF3NO2/c17-13-8-10(16(18,19)20)1-3-12(13)15(22)21-11-2-4-14-9(7-11)5-6-23-14/h1-8H,(H,21,22). The van der Waals surface area contributed by atoms with Gasteiger partial charge in [-0.1, -0.05) is 11.6 Å². The fourth-order valence-electron chi connectivity index (χ4n) is 2.12. The molecular weight excluding hydrogens is 331 g/mol. The molecule has 3 aromatic rings. The maximum atomic E-state index is 12.6. The molecule has 1 amide bonds. The summed E-state index contributed by atoms with van der Waals surface area (Å²) in [4.78, 5) is 12.2. The topological polar surface area (TPSA) is 42.2 Å². The number of anilines is 1. The Labute approximate surface area is 133 Å². The van der Waals surface area contributed by atoms with Gasteiger partial charge < -0.3 is 9.73 Å². The van der Waals surface area contributed by atoms with Crippen LogP contribution in [0.1, 0.15) is 15.9 Å². The SMILES string of the molecule is O=C(Nc1ccc2occc2c1)c1ccc(C(F)(F)F)cc1Cl.